The molecule has 1 saturated heterocycles. The molecule has 2 aromatic carbocycles. The highest BCUT2D eigenvalue weighted by molar-refractivity contribution is 7.99. The molecule has 0 aliphatic carbocycles. The Morgan fingerprint density at radius 3 is 2.50 bits per heavy atom. The van der Waals surface area contributed by atoms with Gasteiger partial charge in [0.1, 0.15) is 0 Å². The lowest BCUT2D eigenvalue weighted by atomic mass is 10.1. The number of hydrogen-bond acceptors (Lipinski definition) is 7. The second kappa shape index (κ2) is 10.1. The summed E-state index contributed by atoms with van der Waals surface area (Å²) < 4.78 is 27.0. The number of methoxy groups -OCH3 is 3. The minimum absolute atomic E-state index is 0.00862. The van der Waals surface area contributed by atoms with Gasteiger partial charge in [-0.25, -0.2) is 0 Å². The predicted octanol–water partition coefficient (Wildman–Crippen LogP) is 4.16. The Bertz CT molecular complexity index is 983. The molecule has 4 rings (SSSR count). The number of benzene rings is 2. The van der Waals surface area contributed by atoms with Crippen LogP contribution in [0.3, 0.4) is 0 Å². The maximum Gasteiger partial charge on any atom is 0.246 e. The lowest BCUT2D eigenvalue weighted by Gasteiger charge is -2.18. The quantitative estimate of drug-likeness (QED) is 0.604. The summed E-state index contributed by atoms with van der Waals surface area (Å²) in [6, 6.07) is 9.75. The Balaban J connectivity index is 1.41. The van der Waals surface area contributed by atoms with E-state index in [0.29, 0.717) is 35.6 Å². The lowest BCUT2D eigenvalue weighted by Crippen LogP contribution is -2.31. The standard InChI is InChI=1S/C24H27NO6S/c1-27-20-12-16(13-21(28-2)24(20)29-3)4-7-23(26)25-9-8-22(32-11-10-25)17-5-6-18-19(14-17)31-15-30-18/h4-7,12-14,22H,8-11,15H2,1-3H3/b7-4+. The molecular formula is C24H27NO6S. The second-order valence-corrected chi connectivity index (χ2v) is 8.69. The summed E-state index contributed by atoms with van der Waals surface area (Å²) in [4.78, 5) is 14.8. The van der Waals surface area contributed by atoms with Crippen LogP contribution in [0.5, 0.6) is 28.7 Å². The lowest BCUT2D eigenvalue weighted by molar-refractivity contribution is -0.125. The number of carbonyl (C=O) groups excluding carboxylic acids is 1. The summed E-state index contributed by atoms with van der Waals surface area (Å²) in [6.45, 7) is 1.69. The summed E-state index contributed by atoms with van der Waals surface area (Å²) in [5.74, 6) is 4.09. The zero-order valence-corrected chi connectivity index (χ0v) is 19.3. The van der Waals surface area contributed by atoms with Crippen molar-refractivity contribution in [1.29, 1.82) is 0 Å². The number of ether oxygens (including phenoxy) is 5. The molecule has 1 fully saturated rings. The van der Waals surface area contributed by atoms with E-state index in [-0.39, 0.29) is 12.7 Å². The maximum atomic E-state index is 12.9. The minimum Gasteiger partial charge on any atom is -0.493 e. The van der Waals surface area contributed by atoms with Crippen LogP contribution in [0.25, 0.3) is 6.08 Å². The van der Waals surface area contributed by atoms with E-state index in [1.807, 2.05) is 34.9 Å². The van der Waals surface area contributed by atoms with Gasteiger partial charge in [-0.05, 0) is 47.9 Å². The van der Waals surface area contributed by atoms with Gasteiger partial charge in [-0.2, -0.15) is 11.8 Å². The Labute approximate surface area is 192 Å². The zero-order valence-electron chi connectivity index (χ0n) is 18.5. The number of fused-ring (bicyclic) bond motifs is 1. The van der Waals surface area contributed by atoms with Crippen molar-refractivity contribution in [3.8, 4) is 28.7 Å². The normalized spacial score (nSPS) is 17.8. The van der Waals surface area contributed by atoms with Crippen LogP contribution in [0.15, 0.2) is 36.4 Å². The van der Waals surface area contributed by atoms with Gasteiger partial charge >= 0.3 is 0 Å². The van der Waals surface area contributed by atoms with Gasteiger partial charge in [0.25, 0.3) is 0 Å². The van der Waals surface area contributed by atoms with Crippen LogP contribution < -0.4 is 23.7 Å². The average molecular weight is 458 g/mol. The average Bonchev–Trinajstić information content (AvgIpc) is 3.16. The van der Waals surface area contributed by atoms with Gasteiger partial charge in [0.05, 0.1) is 21.3 Å². The van der Waals surface area contributed by atoms with Crippen molar-refractivity contribution in [3.05, 3.63) is 47.5 Å². The Hall–Kier alpha value is -3.00. The zero-order chi connectivity index (χ0) is 22.5. The van der Waals surface area contributed by atoms with Crippen LogP contribution in [0, 0.1) is 0 Å². The summed E-state index contributed by atoms with van der Waals surface area (Å²) in [7, 11) is 4.70. The highest BCUT2D eigenvalue weighted by atomic mass is 32.2. The fourth-order valence-electron chi connectivity index (χ4n) is 3.84. The molecule has 1 amide bonds. The van der Waals surface area contributed by atoms with Crippen LogP contribution in [-0.2, 0) is 4.79 Å². The molecule has 7 nitrogen and oxygen atoms in total. The minimum atomic E-state index is -0.00862. The van der Waals surface area contributed by atoms with E-state index < -0.39 is 0 Å². The van der Waals surface area contributed by atoms with E-state index in [9.17, 15) is 4.79 Å². The first-order valence-corrected chi connectivity index (χ1v) is 11.5. The molecule has 2 aliphatic heterocycles. The Morgan fingerprint density at radius 2 is 1.78 bits per heavy atom. The number of nitrogens with zero attached hydrogens (tertiary/aromatic N) is 1. The van der Waals surface area contributed by atoms with Gasteiger partial charge in [-0.1, -0.05) is 6.07 Å². The van der Waals surface area contributed by atoms with Crippen molar-refractivity contribution in [2.45, 2.75) is 11.7 Å². The van der Waals surface area contributed by atoms with E-state index in [0.717, 1.165) is 29.2 Å². The molecule has 2 heterocycles. The number of hydrogen-bond donors (Lipinski definition) is 0. The van der Waals surface area contributed by atoms with E-state index in [1.165, 1.54) is 5.56 Å². The molecule has 32 heavy (non-hydrogen) atoms. The molecule has 0 N–H and O–H groups in total. The van der Waals surface area contributed by atoms with Crippen molar-refractivity contribution >= 4 is 23.7 Å². The van der Waals surface area contributed by atoms with Crippen molar-refractivity contribution in [3.63, 3.8) is 0 Å². The van der Waals surface area contributed by atoms with Crippen LogP contribution in [0.4, 0.5) is 0 Å². The molecule has 0 spiro atoms. The predicted molar refractivity (Wildman–Crippen MR) is 124 cm³/mol. The number of amides is 1. The molecule has 8 heteroatoms. The first-order valence-electron chi connectivity index (χ1n) is 10.4. The summed E-state index contributed by atoms with van der Waals surface area (Å²) in [5, 5.41) is 0.321. The molecule has 0 aromatic heterocycles. The third-order valence-corrected chi connectivity index (χ3v) is 6.86. The SMILES string of the molecule is COc1cc(/C=C/C(=O)N2CCSC(c3ccc4c(c3)OCO4)CC2)cc(OC)c1OC. The molecular weight excluding hydrogens is 430 g/mol. The summed E-state index contributed by atoms with van der Waals surface area (Å²) in [6.07, 6.45) is 4.26. The second-order valence-electron chi connectivity index (χ2n) is 7.38. The first-order chi connectivity index (χ1) is 15.6. The Kier molecular flexibility index (Phi) is 6.99. The molecule has 1 unspecified atom stereocenters. The molecule has 0 radical (unpaired) electrons. The smallest absolute Gasteiger partial charge is 0.246 e. The van der Waals surface area contributed by atoms with E-state index in [2.05, 4.69) is 12.1 Å². The van der Waals surface area contributed by atoms with Gasteiger partial charge in [0.15, 0.2) is 23.0 Å². The van der Waals surface area contributed by atoms with E-state index >= 15 is 0 Å². The highest BCUT2D eigenvalue weighted by Crippen LogP contribution is 2.41. The monoisotopic (exact) mass is 457 g/mol. The number of rotatable bonds is 6. The Morgan fingerprint density at radius 1 is 1.03 bits per heavy atom. The molecule has 2 aromatic rings. The molecule has 1 atom stereocenters. The largest absolute Gasteiger partial charge is 0.493 e. The van der Waals surface area contributed by atoms with Gasteiger partial charge in [0, 0.05) is 30.2 Å². The van der Waals surface area contributed by atoms with Gasteiger partial charge in [0.2, 0.25) is 18.4 Å². The number of thioether (sulfide) groups is 1. The maximum absolute atomic E-state index is 12.9. The fraction of sp³-hybridized carbons (Fsp3) is 0.375. The van der Waals surface area contributed by atoms with Crippen LogP contribution >= 0.6 is 11.8 Å². The first kappa shape index (κ1) is 22.2. The molecule has 0 saturated carbocycles. The summed E-state index contributed by atoms with van der Waals surface area (Å²) in [5.41, 5.74) is 2.01. The van der Waals surface area contributed by atoms with Crippen LogP contribution in [-0.4, -0.2) is 57.8 Å². The third kappa shape index (κ3) is 4.75. The van der Waals surface area contributed by atoms with Gasteiger partial charge < -0.3 is 28.6 Å². The summed E-state index contributed by atoms with van der Waals surface area (Å²) >= 11 is 1.87. The van der Waals surface area contributed by atoms with E-state index in [1.54, 1.807) is 33.5 Å². The number of carbonyl (C=O) groups is 1. The van der Waals surface area contributed by atoms with Crippen molar-refractivity contribution in [1.82, 2.24) is 4.90 Å². The van der Waals surface area contributed by atoms with Crippen LogP contribution in [0.2, 0.25) is 0 Å². The topological polar surface area (TPSA) is 66.5 Å². The fourth-order valence-corrected chi connectivity index (χ4v) is 5.06. The molecule has 0 bridgehead atoms. The highest BCUT2D eigenvalue weighted by Gasteiger charge is 2.23. The molecule has 2 aliphatic rings. The van der Waals surface area contributed by atoms with Crippen molar-refractivity contribution in [2.75, 3.05) is 47.0 Å². The van der Waals surface area contributed by atoms with Gasteiger partial charge in [-0.15, -0.1) is 0 Å². The third-order valence-electron chi connectivity index (χ3n) is 5.53. The molecule has 170 valence electrons. The van der Waals surface area contributed by atoms with Crippen molar-refractivity contribution in [2.24, 2.45) is 0 Å². The van der Waals surface area contributed by atoms with E-state index in [4.69, 9.17) is 23.7 Å². The van der Waals surface area contributed by atoms with Gasteiger partial charge in [-0.3, -0.25) is 4.79 Å². The van der Waals surface area contributed by atoms with Crippen molar-refractivity contribution < 1.29 is 28.5 Å². The van der Waals surface area contributed by atoms with Crippen LogP contribution in [0.1, 0.15) is 22.8 Å².